The van der Waals surface area contributed by atoms with Crippen LogP contribution in [-0.2, 0) is 14.8 Å². The van der Waals surface area contributed by atoms with Gasteiger partial charge in [0.05, 0.1) is 23.2 Å². The zero-order valence-electron chi connectivity index (χ0n) is 18.0. The van der Waals surface area contributed by atoms with Crippen LogP contribution in [0.1, 0.15) is 43.1 Å². The Bertz CT molecular complexity index is 1000. The number of hydrogen-bond donors (Lipinski definition) is 2. The lowest BCUT2D eigenvalue weighted by Crippen LogP contribution is -2.45. The Balaban J connectivity index is 2.30. The molecule has 0 aliphatic rings. The van der Waals surface area contributed by atoms with Crippen molar-refractivity contribution in [1.82, 2.24) is 5.32 Å². The minimum Gasteiger partial charge on any atom is -0.350 e. The van der Waals surface area contributed by atoms with Gasteiger partial charge in [0.2, 0.25) is 15.9 Å². The molecule has 0 radical (unpaired) electrons. The van der Waals surface area contributed by atoms with Gasteiger partial charge in [-0.2, -0.15) is 0 Å². The van der Waals surface area contributed by atoms with Crippen molar-refractivity contribution in [3.63, 3.8) is 0 Å². The van der Waals surface area contributed by atoms with Crippen LogP contribution < -0.4 is 14.9 Å². The molecule has 2 atom stereocenters. The van der Waals surface area contributed by atoms with Crippen LogP contribution in [0.2, 0.25) is 0 Å². The maximum atomic E-state index is 12.9. The summed E-state index contributed by atoms with van der Waals surface area (Å²) in [6.45, 7) is 7.27. The van der Waals surface area contributed by atoms with Gasteiger partial charge in [0.1, 0.15) is 6.04 Å². The molecule has 2 rings (SSSR count). The van der Waals surface area contributed by atoms with E-state index in [1.807, 2.05) is 20.8 Å². The van der Waals surface area contributed by atoms with Crippen LogP contribution in [0.25, 0.3) is 0 Å². The molecule has 0 saturated carbocycles. The van der Waals surface area contributed by atoms with E-state index < -0.39 is 22.0 Å². The van der Waals surface area contributed by atoms with Crippen LogP contribution in [0.4, 0.5) is 11.4 Å². The summed E-state index contributed by atoms with van der Waals surface area (Å²) in [5.74, 6) is -0.837. The van der Waals surface area contributed by atoms with Gasteiger partial charge in [-0.1, -0.05) is 36.8 Å². The number of aryl methyl sites for hydroxylation is 1. The molecule has 2 amide bonds. The van der Waals surface area contributed by atoms with E-state index >= 15 is 0 Å². The van der Waals surface area contributed by atoms with Crippen LogP contribution >= 0.6 is 0 Å². The topological polar surface area (TPSA) is 95.6 Å². The van der Waals surface area contributed by atoms with E-state index in [2.05, 4.69) is 10.6 Å². The minimum atomic E-state index is -3.72. The van der Waals surface area contributed by atoms with Crippen molar-refractivity contribution in [2.24, 2.45) is 0 Å². The van der Waals surface area contributed by atoms with Crippen molar-refractivity contribution < 1.29 is 18.0 Å². The molecule has 0 bridgehead atoms. The highest BCUT2D eigenvalue weighted by Gasteiger charge is 2.29. The number of nitrogens with zero attached hydrogens (tertiary/aromatic N) is 1. The normalized spacial score (nSPS) is 13.2. The Kier molecular flexibility index (Phi) is 7.61. The highest BCUT2D eigenvalue weighted by Crippen LogP contribution is 2.23. The first-order valence-electron chi connectivity index (χ1n) is 9.81. The second-order valence-electron chi connectivity index (χ2n) is 7.39. The van der Waals surface area contributed by atoms with Crippen LogP contribution in [0, 0.1) is 6.92 Å². The van der Waals surface area contributed by atoms with Crippen LogP contribution in [0.15, 0.2) is 48.5 Å². The van der Waals surface area contributed by atoms with E-state index in [-0.39, 0.29) is 11.9 Å². The number of amides is 2. The Morgan fingerprint density at radius 3 is 2.20 bits per heavy atom. The van der Waals surface area contributed by atoms with Gasteiger partial charge in [-0.25, -0.2) is 8.42 Å². The van der Waals surface area contributed by atoms with Gasteiger partial charge in [-0.15, -0.1) is 0 Å². The van der Waals surface area contributed by atoms with Crippen molar-refractivity contribution in [2.45, 2.75) is 46.2 Å². The average molecular weight is 432 g/mol. The molecule has 30 heavy (non-hydrogen) atoms. The van der Waals surface area contributed by atoms with Crippen molar-refractivity contribution in [2.75, 3.05) is 15.9 Å². The third kappa shape index (κ3) is 5.82. The van der Waals surface area contributed by atoms with Gasteiger partial charge >= 0.3 is 0 Å². The average Bonchev–Trinajstić information content (AvgIpc) is 2.68. The number of hydrogen-bond acceptors (Lipinski definition) is 4. The predicted molar refractivity (Wildman–Crippen MR) is 120 cm³/mol. The summed E-state index contributed by atoms with van der Waals surface area (Å²) in [5, 5.41) is 5.58. The van der Waals surface area contributed by atoms with Crippen molar-refractivity contribution in [3.8, 4) is 0 Å². The number of benzene rings is 2. The monoisotopic (exact) mass is 431 g/mol. The summed E-state index contributed by atoms with van der Waals surface area (Å²) in [5.41, 5.74) is 2.02. The summed E-state index contributed by atoms with van der Waals surface area (Å²) in [4.78, 5) is 25.5. The number of sulfonamides is 1. The molecule has 0 aliphatic heterocycles. The van der Waals surface area contributed by atoms with Crippen LogP contribution in [0.5, 0.6) is 0 Å². The lowest BCUT2D eigenvalue weighted by atomic mass is 10.1. The molecule has 0 heterocycles. The summed E-state index contributed by atoms with van der Waals surface area (Å²) in [6, 6.07) is 12.5. The van der Waals surface area contributed by atoms with Crippen LogP contribution in [0.3, 0.4) is 0 Å². The lowest BCUT2D eigenvalue weighted by Gasteiger charge is -2.28. The first-order valence-corrected chi connectivity index (χ1v) is 11.7. The first-order chi connectivity index (χ1) is 14.0. The van der Waals surface area contributed by atoms with Crippen molar-refractivity contribution >= 4 is 33.2 Å². The Morgan fingerprint density at radius 1 is 1.03 bits per heavy atom. The summed E-state index contributed by atoms with van der Waals surface area (Å²) >= 11 is 0. The molecule has 8 heteroatoms. The maximum Gasteiger partial charge on any atom is 0.253 e. The smallest absolute Gasteiger partial charge is 0.253 e. The number of nitrogens with one attached hydrogen (secondary N) is 2. The molecule has 162 valence electrons. The molecule has 0 saturated heterocycles. The Labute approximate surface area is 178 Å². The fraction of sp³-hybridized carbons (Fsp3) is 0.364. The molecule has 0 fully saturated rings. The van der Waals surface area contributed by atoms with Crippen LogP contribution in [-0.4, -0.2) is 38.6 Å². The largest absolute Gasteiger partial charge is 0.350 e. The zero-order chi connectivity index (χ0) is 22.5. The summed E-state index contributed by atoms with van der Waals surface area (Å²) in [6.07, 6.45) is 1.83. The standard InChI is InChI=1S/C22H29N3O4S/c1-6-16(3)23-22(27)19-9-7-8-10-20(19)24-21(26)17(4)25(30(5,28)29)18-13-11-15(2)12-14-18/h7-14,16-17H,6H2,1-5H3,(H,23,27)(H,24,26). The highest BCUT2D eigenvalue weighted by atomic mass is 32.2. The third-order valence-corrected chi connectivity index (χ3v) is 6.04. The van der Waals surface area contributed by atoms with E-state index in [1.165, 1.54) is 6.92 Å². The summed E-state index contributed by atoms with van der Waals surface area (Å²) < 4.78 is 25.9. The predicted octanol–water partition coefficient (Wildman–Crippen LogP) is 3.32. The quantitative estimate of drug-likeness (QED) is 0.670. The van der Waals surface area contributed by atoms with Gasteiger partial charge in [0.15, 0.2) is 0 Å². The molecular formula is C22H29N3O4S. The Morgan fingerprint density at radius 2 is 1.63 bits per heavy atom. The Hall–Kier alpha value is -2.87. The fourth-order valence-electron chi connectivity index (χ4n) is 2.93. The molecule has 2 aromatic rings. The molecule has 0 aliphatic carbocycles. The zero-order valence-corrected chi connectivity index (χ0v) is 18.8. The minimum absolute atomic E-state index is 0.0116. The molecular weight excluding hydrogens is 402 g/mol. The van der Waals surface area contributed by atoms with Crippen molar-refractivity contribution in [3.05, 3.63) is 59.7 Å². The van der Waals surface area contributed by atoms with Crippen molar-refractivity contribution in [1.29, 1.82) is 0 Å². The molecule has 0 aromatic heterocycles. The number of carbonyl (C=O) groups excluding carboxylic acids is 2. The third-order valence-electron chi connectivity index (χ3n) is 4.80. The van der Waals surface area contributed by atoms with Gasteiger partial charge in [-0.05, 0) is 51.5 Å². The molecule has 2 unspecified atom stereocenters. The number of anilines is 2. The van der Waals surface area contributed by atoms with E-state index in [0.717, 1.165) is 22.5 Å². The molecule has 0 spiro atoms. The lowest BCUT2D eigenvalue weighted by molar-refractivity contribution is -0.116. The van der Waals surface area contributed by atoms with E-state index in [4.69, 9.17) is 0 Å². The van der Waals surface area contributed by atoms with Gasteiger partial charge in [0, 0.05) is 6.04 Å². The van der Waals surface area contributed by atoms with Gasteiger partial charge < -0.3 is 10.6 Å². The second-order valence-corrected chi connectivity index (χ2v) is 9.25. The van der Waals surface area contributed by atoms with E-state index in [1.54, 1.807) is 48.5 Å². The number of carbonyl (C=O) groups is 2. The molecule has 2 aromatic carbocycles. The second kappa shape index (κ2) is 9.75. The maximum absolute atomic E-state index is 12.9. The number of rotatable bonds is 8. The first kappa shape index (κ1) is 23.4. The molecule has 2 N–H and O–H groups in total. The molecule has 7 nitrogen and oxygen atoms in total. The highest BCUT2D eigenvalue weighted by molar-refractivity contribution is 7.92. The number of para-hydroxylation sites is 1. The van der Waals surface area contributed by atoms with Gasteiger partial charge in [0.25, 0.3) is 5.91 Å². The van der Waals surface area contributed by atoms with E-state index in [9.17, 15) is 18.0 Å². The SMILES string of the molecule is CCC(C)NC(=O)c1ccccc1NC(=O)C(C)N(c1ccc(C)cc1)S(C)(=O)=O. The van der Waals surface area contributed by atoms with E-state index in [0.29, 0.717) is 16.9 Å². The fourth-order valence-corrected chi connectivity index (χ4v) is 4.11. The summed E-state index contributed by atoms with van der Waals surface area (Å²) in [7, 11) is -3.72. The van der Waals surface area contributed by atoms with Gasteiger partial charge in [-0.3, -0.25) is 13.9 Å².